The molecule has 7 heteroatoms. The van der Waals surface area contributed by atoms with E-state index in [1.807, 2.05) is 73.7 Å². The molecule has 0 atom stereocenters. The van der Waals surface area contributed by atoms with E-state index < -0.39 is 0 Å². The molecular weight excluding hydrogens is 448 g/mol. The Morgan fingerprint density at radius 3 is 2.31 bits per heavy atom. The minimum absolute atomic E-state index is 0.206. The van der Waals surface area contributed by atoms with Crippen molar-refractivity contribution in [2.75, 3.05) is 16.0 Å². The van der Waals surface area contributed by atoms with Gasteiger partial charge < -0.3 is 16.0 Å². The second kappa shape index (κ2) is 9.95. The van der Waals surface area contributed by atoms with Gasteiger partial charge in [-0.05, 0) is 91.3 Å². The van der Waals surface area contributed by atoms with Crippen LogP contribution in [0.1, 0.15) is 21.5 Å². The third kappa shape index (κ3) is 5.13. The average molecular weight is 471 g/mol. The zero-order chi connectivity index (χ0) is 24.9. The molecule has 5 rings (SSSR count). The predicted molar refractivity (Wildman–Crippen MR) is 143 cm³/mol. The Morgan fingerprint density at radius 2 is 1.53 bits per heavy atom. The molecule has 174 valence electrons. The number of fused-ring (bicyclic) bond motifs is 1. The van der Waals surface area contributed by atoms with Gasteiger partial charge in [-0.1, -0.05) is 0 Å². The first-order valence-electron chi connectivity index (χ1n) is 11.3. The molecule has 3 aromatic carbocycles. The molecule has 3 N–H and O–H groups in total. The van der Waals surface area contributed by atoms with Gasteiger partial charge in [0.15, 0.2) is 0 Å². The molecule has 0 saturated carbocycles. The summed E-state index contributed by atoms with van der Waals surface area (Å²) in [5.74, 6) is -0.206. The highest BCUT2D eigenvalue weighted by atomic mass is 16.1. The number of amides is 1. The van der Waals surface area contributed by atoms with E-state index in [0.717, 1.165) is 39.2 Å². The van der Waals surface area contributed by atoms with Crippen LogP contribution < -0.4 is 16.0 Å². The number of hydrogen-bond acceptors (Lipinski definition) is 6. The Labute approximate surface area is 208 Å². The number of benzene rings is 3. The van der Waals surface area contributed by atoms with Crippen molar-refractivity contribution in [2.24, 2.45) is 0 Å². The number of nitriles is 1. The number of pyridine rings is 2. The lowest BCUT2D eigenvalue weighted by Gasteiger charge is -2.13. The molecule has 0 aliphatic carbocycles. The second-order valence-electron chi connectivity index (χ2n) is 8.31. The number of carbonyl (C=O) groups excluding carboxylic acids is 1. The maximum Gasteiger partial charge on any atom is 0.255 e. The molecule has 1 amide bonds. The highest BCUT2D eigenvalue weighted by Gasteiger charge is 2.10. The van der Waals surface area contributed by atoms with Crippen molar-refractivity contribution in [3.05, 3.63) is 114 Å². The Hall–Kier alpha value is -5.22. The molecule has 36 heavy (non-hydrogen) atoms. The fourth-order valence-corrected chi connectivity index (χ4v) is 3.91. The van der Waals surface area contributed by atoms with Crippen LogP contribution in [-0.4, -0.2) is 15.9 Å². The minimum atomic E-state index is -0.206. The van der Waals surface area contributed by atoms with Crippen LogP contribution >= 0.6 is 0 Å². The van der Waals surface area contributed by atoms with Crippen LogP contribution in [0.3, 0.4) is 0 Å². The fourth-order valence-electron chi connectivity index (χ4n) is 3.91. The molecular formula is C29H22N6O. The van der Waals surface area contributed by atoms with Gasteiger partial charge in [0.05, 0.1) is 17.1 Å². The molecule has 0 fully saturated rings. The third-order valence-corrected chi connectivity index (χ3v) is 5.60. The Balaban J connectivity index is 1.33. The number of nitrogens with one attached hydrogen (secondary N) is 3. The van der Waals surface area contributed by atoms with Gasteiger partial charge in [0, 0.05) is 58.0 Å². The lowest BCUT2D eigenvalue weighted by atomic mass is 10.1. The first kappa shape index (κ1) is 22.6. The van der Waals surface area contributed by atoms with E-state index in [1.165, 1.54) is 0 Å². The number of aromatic nitrogens is 2. The van der Waals surface area contributed by atoms with Gasteiger partial charge >= 0.3 is 0 Å². The maximum atomic E-state index is 13.0. The highest BCUT2D eigenvalue weighted by Crippen LogP contribution is 2.27. The summed E-state index contributed by atoms with van der Waals surface area (Å²) in [6.45, 7) is 1.94. The quantitative estimate of drug-likeness (QED) is 0.260. The van der Waals surface area contributed by atoms with Gasteiger partial charge in [0.1, 0.15) is 0 Å². The lowest BCUT2D eigenvalue weighted by Crippen LogP contribution is -2.12. The Bertz CT molecular complexity index is 1590. The highest BCUT2D eigenvalue weighted by molar-refractivity contribution is 6.05. The van der Waals surface area contributed by atoms with Gasteiger partial charge in [-0.2, -0.15) is 5.26 Å². The number of carbonyl (C=O) groups is 1. The number of rotatable bonds is 6. The first-order chi connectivity index (χ1) is 17.6. The van der Waals surface area contributed by atoms with Crippen molar-refractivity contribution >= 4 is 45.2 Å². The van der Waals surface area contributed by atoms with E-state index in [0.29, 0.717) is 16.8 Å². The Morgan fingerprint density at radius 1 is 0.778 bits per heavy atom. The summed E-state index contributed by atoms with van der Waals surface area (Å²) < 4.78 is 0. The largest absolute Gasteiger partial charge is 0.355 e. The molecule has 0 saturated heterocycles. The summed E-state index contributed by atoms with van der Waals surface area (Å²) in [7, 11) is 0. The number of anilines is 5. The van der Waals surface area contributed by atoms with Crippen molar-refractivity contribution in [1.29, 1.82) is 5.26 Å². The topological polar surface area (TPSA) is 103 Å². The first-order valence-corrected chi connectivity index (χ1v) is 11.3. The van der Waals surface area contributed by atoms with Crippen LogP contribution in [0.5, 0.6) is 0 Å². The summed E-state index contributed by atoms with van der Waals surface area (Å²) in [6.07, 6.45) is 5.17. The SMILES string of the molecule is Cc1cc(Nc2ccnc3ccc(C#N)cc23)cc(C(=O)Nc2ccc(Nc3ccncc3)cc2)c1. The van der Waals surface area contributed by atoms with Crippen LogP contribution in [0, 0.1) is 18.3 Å². The van der Waals surface area contributed by atoms with Crippen molar-refractivity contribution in [2.45, 2.75) is 6.92 Å². The fraction of sp³-hybridized carbons (Fsp3) is 0.0345. The molecule has 0 aliphatic rings. The van der Waals surface area contributed by atoms with Crippen LogP contribution in [0.4, 0.5) is 28.4 Å². The standard InChI is InChI=1S/C29H22N6O/c1-19-14-21(29(36)35-23-5-3-22(4-6-23)33-24-8-11-31-12-9-24)17-25(15-19)34-28-10-13-32-27-7-2-20(18-30)16-26(27)28/h2-17H,1H3,(H,31,33)(H,32,34)(H,35,36). The maximum absolute atomic E-state index is 13.0. The molecule has 0 radical (unpaired) electrons. The van der Waals surface area contributed by atoms with Gasteiger partial charge in [-0.3, -0.25) is 14.8 Å². The second-order valence-corrected chi connectivity index (χ2v) is 8.31. The van der Waals surface area contributed by atoms with E-state index >= 15 is 0 Å². The van der Waals surface area contributed by atoms with Crippen LogP contribution in [0.2, 0.25) is 0 Å². The van der Waals surface area contributed by atoms with E-state index in [9.17, 15) is 10.1 Å². The number of hydrogen-bond donors (Lipinski definition) is 3. The van der Waals surface area contributed by atoms with Crippen molar-refractivity contribution < 1.29 is 4.79 Å². The van der Waals surface area contributed by atoms with Crippen LogP contribution in [-0.2, 0) is 0 Å². The molecule has 2 aromatic heterocycles. The lowest BCUT2D eigenvalue weighted by molar-refractivity contribution is 0.102. The van der Waals surface area contributed by atoms with E-state index in [-0.39, 0.29) is 5.91 Å². The molecule has 5 aromatic rings. The monoisotopic (exact) mass is 470 g/mol. The number of nitrogens with zero attached hydrogens (tertiary/aromatic N) is 3. The molecule has 0 aliphatic heterocycles. The van der Waals surface area contributed by atoms with Gasteiger partial charge in [0.25, 0.3) is 5.91 Å². The summed E-state index contributed by atoms with van der Waals surface area (Å²) in [5.41, 5.74) is 6.94. The number of aryl methyl sites for hydroxylation is 1. The van der Waals surface area contributed by atoms with Crippen molar-refractivity contribution in [3.63, 3.8) is 0 Å². The van der Waals surface area contributed by atoms with Gasteiger partial charge in [0.2, 0.25) is 0 Å². The molecule has 2 heterocycles. The van der Waals surface area contributed by atoms with E-state index in [4.69, 9.17) is 0 Å². The summed E-state index contributed by atoms with van der Waals surface area (Å²) in [6, 6.07) is 26.3. The van der Waals surface area contributed by atoms with Crippen molar-refractivity contribution in [3.8, 4) is 6.07 Å². The molecule has 0 unspecified atom stereocenters. The van der Waals surface area contributed by atoms with Crippen molar-refractivity contribution in [1.82, 2.24) is 9.97 Å². The summed E-state index contributed by atoms with van der Waals surface area (Å²) in [5, 5.41) is 19.7. The van der Waals surface area contributed by atoms with E-state index in [1.54, 1.807) is 30.7 Å². The zero-order valence-corrected chi connectivity index (χ0v) is 19.5. The average Bonchev–Trinajstić information content (AvgIpc) is 2.90. The molecule has 0 bridgehead atoms. The van der Waals surface area contributed by atoms with Gasteiger partial charge in [-0.15, -0.1) is 0 Å². The normalized spacial score (nSPS) is 10.4. The third-order valence-electron chi connectivity index (χ3n) is 5.60. The Kier molecular flexibility index (Phi) is 6.24. The molecule has 7 nitrogen and oxygen atoms in total. The van der Waals surface area contributed by atoms with Crippen LogP contribution in [0.25, 0.3) is 10.9 Å². The van der Waals surface area contributed by atoms with Gasteiger partial charge in [-0.25, -0.2) is 0 Å². The predicted octanol–water partition coefficient (Wildman–Crippen LogP) is 6.55. The van der Waals surface area contributed by atoms with Crippen LogP contribution in [0.15, 0.2) is 97.5 Å². The van der Waals surface area contributed by atoms with E-state index in [2.05, 4.69) is 32.0 Å². The summed E-state index contributed by atoms with van der Waals surface area (Å²) in [4.78, 5) is 21.4. The molecule has 0 spiro atoms. The summed E-state index contributed by atoms with van der Waals surface area (Å²) >= 11 is 0. The smallest absolute Gasteiger partial charge is 0.255 e. The zero-order valence-electron chi connectivity index (χ0n) is 19.5. The minimum Gasteiger partial charge on any atom is -0.355 e.